The lowest BCUT2D eigenvalue weighted by molar-refractivity contribution is 0.174. The van der Waals surface area contributed by atoms with Crippen LogP contribution in [0.15, 0.2) is 72.8 Å². The second-order valence-corrected chi connectivity index (χ2v) is 7.12. The van der Waals surface area contributed by atoms with Crippen molar-refractivity contribution in [2.75, 3.05) is 13.2 Å². The first-order valence-corrected chi connectivity index (χ1v) is 10.1. The highest BCUT2D eigenvalue weighted by Gasteiger charge is 2.09. The SMILES string of the molecule is CCOc1cc(CNCC(O)c2ccccc2)ccc1OCc1ccc(Cl)cc1.Cl. The van der Waals surface area contributed by atoms with Gasteiger partial charge in [0.15, 0.2) is 11.5 Å². The third-order valence-corrected chi connectivity index (χ3v) is 4.72. The van der Waals surface area contributed by atoms with E-state index in [1.165, 1.54) is 0 Å². The fraction of sp³-hybridized carbons (Fsp3) is 0.250. The third-order valence-electron chi connectivity index (χ3n) is 4.47. The van der Waals surface area contributed by atoms with Gasteiger partial charge < -0.3 is 19.9 Å². The minimum absolute atomic E-state index is 0. The van der Waals surface area contributed by atoms with Gasteiger partial charge in [0, 0.05) is 18.1 Å². The standard InChI is InChI=1S/C24H26ClNO3.ClH/c1-2-28-24-14-19(15-26-16-22(27)20-6-4-3-5-7-20)10-13-23(24)29-17-18-8-11-21(25)12-9-18;/h3-14,22,26-27H,2,15-17H2,1H3;1H. The van der Waals surface area contributed by atoms with E-state index in [1.54, 1.807) is 0 Å². The zero-order chi connectivity index (χ0) is 20.5. The molecule has 3 aromatic carbocycles. The van der Waals surface area contributed by atoms with Gasteiger partial charge in [-0.3, -0.25) is 0 Å². The van der Waals surface area contributed by atoms with E-state index in [1.807, 2.05) is 79.7 Å². The van der Waals surface area contributed by atoms with Crippen molar-refractivity contribution in [3.63, 3.8) is 0 Å². The summed E-state index contributed by atoms with van der Waals surface area (Å²) in [5, 5.41) is 14.3. The van der Waals surface area contributed by atoms with E-state index in [0.717, 1.165) is 16.7 Å². The maximum Gasteiger partial charge on any atom is 0.161 e. The molecular weight excluding hydrogens is 421 g/mol. The maximum atomic E-state index is 10.3. The van der Waals surface area contributed by atoms with Crippen molar-refractivity contribution in [3.05, 3.63) is 94.5 Å². The Kier molecular flexibility index (Phi) is 9.98. The molecule has 0 heterocycles. The summed E-state index contributed by atoms with van der Waals surface area (Å²) >= 11 is 5.93. The molecule has 0 saturated carbocycles. The van der Waals surface area contributed by atoms with Crippen molar-refractivity contribution in [2.24, 2.45) is 0 Å². The Morgan fingerprint density at radius 3 is 2.30 bits per heavy atom. The number of halogens is 2. The van der Waals surface area contributed by atoms with Crippen LogP contribution in [0.1, 0.15) is 29.7 Å². The van der Waals surface area contributed by atoms with Crippen LogP contribution in [0.3, 0.4) is 0 Å². The summed E-state index contributed by atoms with van der Waals surface area (Å²) < 4.78 is 11.7. The average molecular weight is 448 g/mol. The van der Waals surface area contributed by atoms with Gasteiger partial charge in [-0.2, -0.15) is 0 Å². The second-order valence-electron chi connectivity index (χ2n) is 6.69. The summed E-state index contributed by atoms with van der Waals surface area (Å²) in [6.07, 6.45) is -0.537. The summed E-state index contributed by atoms with van der Waals surface area (Å²) in [6, 6.07) is 23.1. The molecule has 2 N–H and O–H groups in total. The highest BCUT2D eigenvalue weighted by atomic mass is 35.5. The van der Waals surface area contributed by atoms with E-state index < -0.39 is 6.10 Å². The van der Waals surface area contributed by atoms with Gasteiger partial charge in [-0.15, -0.1) is 12.4 Å². The minimum atomic E-state index is -0.537. The van der Waals surface area contributed by atoms with Crippen molar-refractivity contribution in [1.29, 1.82) is 0 Å². The lowest BCUT2D eigenvalue weighted by Crippen LogP contribution is -2.21. The Morgan fingerprint density at radius 1 is 0.900 bits per heavy atom. The van der Waals surface area contributed by atoms with Crippen LogP contribution >= 0.6 is 24.0 Å². The molecule has 3 rings (SSSR count). The number of rotatable bonds is 10. The topological polar surface area (TPSA) is 50.7 Å². The molecule has 0 spiro atoms. The summed E-state index contributed by atoms with van der Waals surface area (Å²) in [5.74, 6) is 1.42. The van der Waals surface area contributed by atoms with E-state index in [2.05, 4.69) is 5.32 Å². The maximum absolute atomic E-state index is 10.3. The van der Waals surface area contributed by atoms with Crippen molar-refractivity contribution < 1.29 is 14.6 Å². The smallest absolute Gasteiger partial charge is 0.161 e. The zero-order valence-corrected chi connectivity index (χ0v) is 18.5. The van der Waals surface area contributed by atoms with Crippen LogP contribution in [-0.4, -0.2) is 18.3 Å². The van der Waals surface area contributed by atoms with Gasteiger partial charge in [-0.25, -0.2) is 0 Å². The molecule has 4 nitrogen and oxygen atoms in total. The number of aliphatic hydroxyl groups excluding tert-OH is 1. The molecule has 0 aliphatic rings. The van der Waals surface area contributed by atoms with Crippen molar-refractivity contribution in [3.8, 4) is 11.5 Å². The lowest BCUT2D eigenvalue weighted by atomic mass is 10.1. The molecular formula is C24H27Cl2NO3. The molecule has 0 saturated heterocycles. The van der Waals surface area contributed by atoms with E-state index in [0.29, 0.717) is 42.8 Å². The molecule has 0 aliphatic carbocycles. The van der Waals surface area contributed by atoms with Crippen LogP contribution in [-0.2, 0) is 13.2 Å². The van der Waals surface area contributed by atoms with E-state index in [9.17, 15) is 5.11 Å². The third kappa shape index (κ3) is 7.22. The monoisotopic (exact) mass is 447 g/mol. The van der Waals surface area contributed by atoms with Gasteiger partial charge in [0.05, 0.1) is 12.7 Å². The highest BCUT2D eigenvalue weighted by molar-refractivity contribution is 6.30. The quantitative estimate of drug-likeness (QED) is 0.426. The van der Waals surface area contributed by atoms with Gasteiger partial charge in [0.25, 0.3) is 0 Å². The largest absolute Gasteiger partial charge is 0.490 e. The van der Waals surface area contributed by atoms with Crippen LogP contribution in [0, 0.1) is 0 Å². The Bertz CT molecular complexity index is 889. The average Bonchev–Trinajstić information content (AvgIpc) is 2.75. The fourth-order valence-corrected chi connectivity index (χ4v) is 3.06. The molecule has 1 atom stereocenters. The molecule has 6 heteroatoms. The van der Waals surface area contributed by atoms with Gasteiger partial charge in [-0.05, 0) is 47.9 Å². The lowest BCUT2D eigenvalue weighted by Gasteiger charge is -2.15. The van der Waals surface area contributed by atoms with Crippen molar-refractivity contribution in [2.45, 2.75) is 26.2 Å². The Morgan fingerprint density at radius 2 is 1.60 bits per heavy atom. The van der Waals surface area contributed by atoms with Crippen molar-refractivity contribution >= 4 is 24.0 Å². The van der Waals surface area contributed by atoms with Crippen LogP contribution in [0.5, 0.6) is 11.5 Å². The van der Waals surface area contributed by atoms with Crippen LogP contribution in [0.4, 0.5) is 0 Å². The molecule has 1 unspecified atom stereocenters. The molecule has 0 aromatic heterocycles. The molecule has 0 radical (unpaired) electrons. The van der Waals surface area contributed by atoms with Gasteiger partial charge >= 0.3 is 0 Å². The van der Waals surface area contributed by atoms with Gasteiger partial charge in [0.1, 0.15) is 6.61 Å². The zero-order valence-electron chi connectivity index (χ0n) is 16.9. The molecule has 30 heavy (non-hydrogen) atoms. The van der Waals surface area contributed by atoms with E-state index in [4.69, 9.17) is 21.1 Å². The second kappa shape index (κ2) is 12.5. The summed E-state index contributed by atoms with van der Waals surface area (Å²) in [6.45, 7) is 4.05. The van der Waals surface area contributed by atoms with Gasteiger partial charge in [-0.1, -0.05) is 60.1 Å². The number of hydrogen-bond acceptors (Lipinski definition) is 4. The highest BCUT2D eigenvalue weighted by Crippen LogP contribution is 2.29. The fourth-order valence-electron chi connectivity index (χ4n) is 2.94. The summed E-state index contributed by atoms with van der Waals surface area (Å²) in [5.41, 5.74) is 3.01. The number of benzene rings is 3. The van der Waals surface area contributed by atoms with E-state index in [-0.39, 0.29) is 12.4 Å². The predicted octanol–water partition coefficient (Wildman–Crippen LogP) is 5.56. The van der Waals surface area contributed by atoms with Crippen molar-refractivity contribution in [1.82, 2.24) is 5.32 Å². The summed E-state index contributed by atoms with van der Waals surface area (Å²) in [4.78, 5) is 0. The first-order valence-electron chi connectivity index (χ1n) is 9.72. The van der Waals surface area contributed by atoms with Crippen LogP contribution < -0.4 is 14.8 Å². The molecule has 160 valence electrons. The first kappa shape index (κ1) is 24.0. The summed E-state index contributed by atoms with van der Waals surface area (Å²) in [7, 11) is 0. The van der Waals surface area contributed by atoms with E-state index >= 15 is 0 Å². The predicted molar refractivity (Wildman–Crippen MR) is 124 cm³/mol. The Balaban J connectivity index is 0.00000320. The van der Waals surface area contributed by atoms with Crippen LogP contribution in [0.25, 0.3) is 0 Å². The first-order chi connectivity index (χ1) is 14.2. The number of hydrogen-bond donors (Lipinski definition) is 2. The Hall–Kier alpha value is -2.24. The van der Waals surface area contributed by atoms with Crippen LogP contribution in [0.2, 0.25) is 5.02 Å². The molecule has 0 amide bonds. The molecule has 0 fully saturated rings. The number of ether oxygens (including phenoxy) is 2. The minimum Gasteiger partial charge on any atom is -0.490 e. The molecule has 0 aliphatic heterocycles. The molecule has 3 aromatic rings. The Labute approximate surface area is 189 Å². The van der Waals surface area contributed by atoms with Gasteiger partial charge in [0.2, 0.25) is 0 Å². The molecule has 0 bridgehead atoms. The normalized spacial score (nSPS) is 11.4. The number of nitrogens with one attached hydrogen (secondary N) is 1. The number of aliphatic hydroxyl groups is 1.